The first-order valence-electron chi connectivity index (χ1n) is 4.23. The zero-order valence-corrected chi connectivity index (χ0v) is 9.98. The zero-order valence-electron chi connectivity index (χ0n) is 7.58. The lowest BCUT2D eigenvalue weighted by Gasteiger charge is -1.96. The Morgan fingerprint density at radius 2 is 2.13 bits per heavy atom. The molecule has 0 aliphatic rings. The van der Waals surface area contributed by atoms with Crippen molar-refractivity contribution >= 4 is 27.3 Å². The van der Waals surface area contributed by atoms with Crippen LogP contribution < -0.4 is 0 Å². The number of nitrogens with zero attached hydrogens (tertiary/aromatic N) is 1. The Labute approximate surface area is 98.5 Å². The quantitative estimate of drug-likeness (QED) is 0.920. The summed E-state index contributed by atoms with van der Waals surface area (Å²) in [6, 6.07) is 6.45. The van der Waals surface area contributed by atoms with Crippen LogP contribution in [-0.4, -0.2) is 10.1 Å². The SMILES string of the molecule is OCc1nc(-c2ccccc2F)sc1Br. The highest BCUT2D eigenvalue weighted by Crippen LogP contribution is 2.33. The number of aliphatic hydroxyl groups is 1. The van der Waals surface area contributed by atoms with E-state index in [1.54, 1.807) is 18.2 Å². The van der Waals surface area contributed by atoms with Crippen LogP contribution in [0.3, 0.4) is 0 Å². The first-order chi connectivity index (χ1) is 7.22. The van der Waals surface area contributed by atoms with Crippen LogP contribution in [-0.2, 0) is 6.61 Å². The van der Waals surface area contributed by atoms with Gasteiger partial charge in [-0.3, -0.25) is 0 Å². The molecular formula is C10H7BrFNOS. The standard InChI is InChI=1S/C10H7BrFNOS/c11-9-8(5-14)13-10(15-9)6-3-1-2-4-7(6)12/h1-4,14H,5H2. The Morgan fingerprint density at radius 1 is 1.40 bits per heavy atom. The molecular weight excluding hydrogens is 281 g/mol. The van der Waals surface area contributed by atoms with Crippen LogP contribution in [0.15, 0.2) is 28.1 Å². The lowest BCUT2D eigenvalue weighted by molar-refractivity contribution is 0.277. The topological polar surface area (TPSA) is 33.1 Å². The molecule has 0 spiro atoms. The molecule has 0 saturated heterocycles. The molecule has 0 radical (unpaired) electrons. The minimum Gasteiger partial charge on any atom is -0.390 e. The van der Waals surface area contributed by atoms with Gasteiger partial charge < -0.3 is 5.11 Å². The summed E-state index contributed by atoms with van der Waals surface area (Å²) >= 11 is 4.58. The van der Waals surface area contributed by atoms with Gasteiger partial charge in [0.1, 0.15) is 10.8 Å². The van der Waals surface area contributed by atoms with E-state index in [1.807, 2.05) is 0 Å². The molecule has 5 heteroatoms. The molecule has 1 aromatic carbocycles. The van der Waals surface area contributed by atoms with Crippen LogP contribution in [0, 0.1) is 5.82 Å². The number of hydrogen-bond acceptors (Lipinski definition) is 3. The summed E-state index contributed by atoms with van der Waals surface area (Å²) in [5, 5.41) is 9.54. The van der Waals surface area contributed by atoms with E-state index < -0.39 is 0 Å². The lowest BCUT2D eigenvalue weighted by atomic mass is 10.2. The highest BCUT2D eigenvalue weighted by Gasteiger charge is 2.12. The maximum absolute atomic E-state index is 13.4. The fourth-order valence-corrected chi connectivity index (χ4v) is 2.68. The van der Waals surface area contributed by atoms with Crippen molar-refractivity contribution in [3.8, 4) is 10.6 Å². The number of thiazole rings is 1. The first kappa shape index (κ1) is 10.7. The second-order valence-electron chi connectivity index (χ2n) is 2.88. The van der Waals surface area contributed by atoms with E-state index >= 15 is 0 Å². The van der Waals surface area contributed by atoms with Gasteiger partial charge in [0.15, 0.2) is 0 Å². The van der Waals surface area contributed by atoms with Crippen LogP contribution in [0.2, 0.25) is 0 Å². The monoisotopic (exact) mass is 287 g/mol. The van der Waals surface area contributed by atoms with Gasteiger partial charge in [-0.25, -0.2) is 9.37 Å². The van der Waals surface area contributed by atoms with Crippen molar-refractivity contribution in [3.63, 3.8) is 0 Å². The third kappa shape index (κ3) is 2.09. The molecule has 0 aliphatic carbocycles. The number of aromatic nitrogens is 1. The molecule has 1 heterocycles. The molecule has 2 aromatic rings. The summed E-state index contributed by atoms with van der Waals surface area (Å²) in [7, 11) is 0. The van der Waals surface area contributed by atoms with Crippen molar-refractivity contribution in [2.75, 3.05) is 0 Å². The molecule has 1 aromatic heterocycles. The molecule has 0 amide bonds. The van der Waals surface area contributed by atoms with E-state index in [-0.39, 0.29) is 12.4 Å². The summed E-state index contributed by atoms with van der Waals surface area (Å²) in [6.07, 6.45) is 0. The summed E-state index contributed by atoms with van der Waals surface area (Å²) in [5.41, 5.74) is 1.00. The number of rotatable bonds is 2. The van der Waals surface area contributed by atoms with Crippen molar-refractivity contribution < 1.29 is 9.50 Å². The minimum absolute atomic E-state index is 0.147. The second kappa shape index (κ2) is 4.38. The Morgan fingerprint density at radius 3 is 2.73 bits per heavy atom. The predicted molar refractivity (Wildman–Crippen MR) is 61.1 cm³/mol. The fourth-order valence-electron chi connectivity index (χ4n) is 1.18. The maximum atomic E-state index is 13.4. The number of benzene rings is 1. The van der Waals surface area contributed by atoms with Crippen molar-refractivity contribution in [1.29, 1.82) is 0 Å². The van der Waals surface area contributed by atoms with Crippen molar-refractivity contribution in [3.05, 3.63) is 39.6 Å². The van der Waals surface area contributed by atoms with Crippen molar-refractivity contribution in [2.24, 2.45) is 0 Å². The van der Waals surface area contributed by atoms with Crippen LogP contribution in [0.25, 0.3) is 10.6 Å². The van der Waals surface area contributed by atoms with Gasteiger partial charge in [-0.1, -0.05) is 12.1 Å². The van der Waals surface area contributed by atoms with Crippen molar-refractivity contribution in [2.45, 2.75) is 6.61 Å². The second-order valence-corrected chi connectivity index (χ2v) is 5.19. The van der Waals surface area contributed by atoms with Gasteiger partial charge in [0, 0.05) is 5.56 Å². The summed E-state index contributed by atoms with van der Waals surface area (Å²) < 4.78 is 14.1. The minimum atomic E-state index is -0.303. The highest BCUT2D eigenvalue weighted by atomic mass is 79.9. The van der Waals surface area contributed by atoms with E-state index in [2.05, 4.69) is 20.9 Å². The molecule has 0 atom stereocenters. The number of hydrogen-bond donors (Lipinski definition) is 1. The Kier molecular flexibility index (Phi) is 3.14. The summed E-state index contributed by atoms with van der Waals surface area (Å²) in [5.74, 6) is -0.303. The summed E-state index contributed by atoms with van der Waals surface area (Å²) in [6.45, 7) is -0.147. The third-order valence-corrected chi connectivity index (χ3v) is 3.77. The average Bonchev–Trinajstić information content (AvgIpc) is 2.60. The van der Waals surface area contributed by atoms with Crippen LogP contribution in [0.4, 0.5) is 4.39 Å². The highest BCUT2D eigenvalue weighted by molar-refractivity contribution is 9.11. The normalized spacial score (nSPS) is 10.6. The van der Waals surface area contributed by atoms with Crippen LogP contribution >= 0.6 is 27.3 Å². The van der Waals surface area contributed by atoms with Crippen LogP contribution in [0.5, 0.6) is 0 Å². The molecule has 2 rings (SSSR count). The molecule has 2 nitrogen and oxygen atoms in total. The van der Waals surface area contributed by atoms with Gasteiger partial charge >= 0.3 is 0 Å². The molecule has 0 unspecified atom stereocenters. The van der Waals surface area contributed by atoms with Gasteiger partial charge in [0.25, 0.3) is 0 Å². The first-order valence-corrected chi connectivity index (χ1v) is 5.84. The van der Waals surface area contributed by atoms with Crippen LogP contribution in [0.1, 0.15) is 5.69 Å². The molecule has 0 bridgehead atoms. The Hall–Kier alpha value is -0.780. The van der Waals surface area contributed by atoms with Gasteiger partial charge in [-0.15, -0.1) is 11.3 Å². The Balaban J connectivity index is 2.50. The maximum Gasteiger partial charge on any atom is 0.133 e. The van der Waals surface area contributed by atoms with E-state index in [9.17, 15) is 4.39 Å². The van der Waals surface area contributed by atoms with Gasteiger partial charge in [-0.2, -0.15) is 0 Å². The number of halogens is 2. The lowest BCUT2D eigenvalue weighted by Crippen LogP contribution is -1.85. The van der Waals surface area contributed by atoms with E-state index in [0.29, 0.717) is 16.3 Å². The Bertz CT molecular complexity index is 486. The van der Waals surface area contributed by atoms with Gasteiger partial charge in [-0.05, 0) is 28.1 Å². The van der Waals surface area contributed by atoms with Crippen molar-refractivity contribution in [1.82, 2.24) is 4.98 Å². The van der Waals surface area contributed by atoms with E-state index in [4.69, 9.17) is 5.11 Å². The average molecular weight is 288 g/mol. The smallest absolute Gasteiger partial charge is 0.133 e. The molecule has 78 valence electrons. The molecule has 0 fully saturated rings. The third-order valence-electron chi connectivity index (χ3n) is 1.90. The molecule has 0 saturated carbocycles. The fraction of sp³-hybridized carbons (Fsp3) is 0.100. The molecule has 15 heavy (non-hydrogen) atoms. The summed E-state index contributed by atoms with van der Waals surface area (Å²) in [4.78, 5) is 4.14. The molecule has 1 N–H and O–H groups in total. The number of aliphatic hydroxyl groups excluding tert-OH is 1. The molecule has 0 aliphatic heterocycles. The van der Waals surface area contributed by atoms with E-state index in [0.717, 1.165) is 3.79 Å². The zero-order chi connectivity index (χ0) is 10.8. The predicted octanol–water partition coefficient (Wildman–Crippen LogP) is 3.20. The largest absolute Gasteiger partial charge is 0.390 e. The van der Waals surface area contributed by atoms with Gasteiger partial charge in [0.05, 0.1) is 16.1 Å². The van der Waals surface area contributed by atoms with Gasteiger partial charge in [0.2, 0.25) is 0 Å². The van der Waals surface area contributed by atoms with E-state index in [1.165, 1.54) is 17.4 Å².